The van der Waals surface area contributed by atoms with Crippen molar-refractivity contribution in [3.05, 3.63) is 0 Å². The van der Waals surface area contributed by atoms with Crippen molar-refractivity contribution in [2.24, 2.45) is 0 Å². The van der Waals surface area contributed by atoms with Gasteiger partial charge in [-0.15, -0.1) is 0 Å². The molecule has 0 bridgehead atoms. The van der Waals surface area contributed by atoms with E-state index in [4.69, 9.17) is 0 Å². The Hall–Kier alpha value is 1.15. The second kappa shape index (κ2) is 8.15. The summed E-state index contributed by atoms with van der Waals surface area (Å²) in [4.78, 5) is 0. The Labute approximate surface area is 68.1 Å². The molecule has 0 radical (unpaired) electrons. The molecule has 0 N–H and O–H groups in total. The van der Waals surface area contributed by atoms with Gasteiger partial charge >= 0.3 is 68.2 Å². The number of hydrogen-bond donors (Lipinski definition) is 1. The Morgan fingerprint density at radius 1 is 1.38 bits per heavy atom. The van der Waals surface area contributed by atoms with E-state index in [1.54, 1.807) is 4.44 Å². The molecule has 0 aliphatic heterocycles. The van der Waals surface area contributed by atoms with Crippen molar-refractivity contribution in [2.45, 2.75) is 28.6 Å². The van der Waals surface area contributed by atoms with Gasteiger partial charge in [0.25, 0.3) is 0 Å². The van der Waals surface area contributed by atoms with E-state index in [9.17, 15) is 0 Å². The van der Waals surface area contributed by atoms with E-state index in [1.165, 1.54) is 17.3 Å². The topological polar surface area (TPSA) is 0 Å². The summed E-state index contributed by atoms with van der Waals surface area (Å²) in [5, 5.41) is 0. The molecule has 0 aromatic rings. The SMILES string of the molecule is CCC[CH2][Sn+2][CH2]CS. The van der Waals surface area contributed by atoms with Crippen LogP contribution in [-0.4, -0.2) is 26.9 Å². The van der Waals surface area contributed by atoms with Gasteiger partial charge in [-0.05, 0) is 0 Å². The fraction of sp³-hybridized carbons (Fsp3) is 1.00. The van der Waals surface area contributed by atoms with E-state index in [2.05, 4.69) is 19.6 Å². The summed E-state index contributed by atoms with van der Waals surface area (Å²) >= 11 is 4.25. The Bertz CT molecular complexity index is 33.5. The Morgan fingerprint density at radius 2 is 2.12 bits per heavy atom. The predicted molar refractivity (Wildman–Crippen MR) is 44.1 cm³/mol. The molecule has 0 nitrogen and oxygen atoms in total. The fourth-order valence-electron chi connectivity index (χ4n) is 0.506. The van der Waals surface area contributed by atoms with Crippen molar-refractivity contribution in [2.75, 3.05) is 5.75 Å². The minimum absolute atomic E-state index is 0.0891. The third kappa shape index (κ3) is 7.15. The van der Waals surface area contributed by atoms with Crippen molar-refractivity contribution in [3.8, 4) is 0 Å². The van der Waals surface area contributed by atoms with Crippen LogP contribution in [0.2, 0.25) is 8.87 Å². The van der Waals surface area contributed by atoms with Gasteiger partial charge in [0.15, 0.2) is 0 Å². The third-order valence-electron chi connectivity index (χ3n) is 0.996. The fourth-order valence-corrected chi connectivity index (χ4v) is 4.45. The van der Waals surface area contributed by atoms with Crippen LogP contribution in [0.15, 0.2) is 0 Å². The van der Waals surface area contributed by atoms with Crippen LogP contribution in [0, 0.1) is 0 Å². The third-order valence-corrected chi connectivity index (χ3v) is 6.16. The molecule has 0 aliphatic carbocycles. The molecular weight excluding hydrogens is 223 g/mol. The van der Waals surface area contributed by atoms with Crippen LogP contribution in [0.1, 0.15) is 19.8 Å². The zero-order chi connectivity index (χ0) is 6.24. The molecule has 0 rings (SSSR count). The second-order valence-corrected chi connectivity index (χ2v) is 6.56. The van der Waals surface area contributed by atoms with Crippen LogP contribution in [0.25, 0.3) is 0 Å². The molecule has 0 amide bonds. The minimum atomic E-state index is 0.0891. The normalized spacial score (nSPS) is 8.75. The van der Waals surface area contributed by atoms with Gasteiger partial charge in [-0.1, -0.05) is 0 Å². The first-order valence-corrected chi connectivity index (χ1v) is 7.90. The molecule has 0 unspecified atom stereocenters. The number of rotatable bonds is 5. The standard InChI is InChI=1S/C4H9.C2H5S.Sn/c1-3-4-2;1-2-3;/h1,3-4H2,2H3;3H,1-2H2;/q;;+2. The molecular formula is C6H14SSn+2. The van der Waals surface area contributed by atoms with Crippen molar-refractivity contribution < 1.29 is 0 Å². The molecule has 8 heavy (non-hydrogen) atoms. The average molecular weight is 237 g/mol. The van der Waals surface area contributed by atoms with Crippen LogP contribution < -0.4 is 0 Å². The van der Waals surface area contributed by atoms with Gasteiger partial charge in [0.1, 0.15) is 0 Å². The van der Waals surface area contributed by atoms with E-state index >= 15 is 0 Å². The summed E-state index contributed by atoms with van der Waals surface area (Å²) in [6.07, 6.45) is 2.85. The Morgan fingerprint density at radius 3 is 2.62 bits per heavy atom. The van der Waals surface area contributed by atoms with Crippen molar-refractivity contribution in [3.63, 3.8) is 0 Å². The second-order valence-electron chi connectivity index (χ2n) is 1.83. The van der Waals surface area contributed by atoms with Gasteiger partial charge in [-0.3, -0.25) is 0 Å². The maximum atomic E-state index is 4.17. The van der Waals surface area contributed by atoms with Gasteiger partial charge in [-0.2, -0.15) is 0 Å². The monoisotopic (exact) mass is 238 g/mol. The predicted octanol–water partition coefficient (Wildman–Crippen LogP) is 2.26. The Balaban J connectivity index is 2.53. The summed E-state index contributed by atoms with van der Waals surface area (Å²) < 4.78 is 3.03. The molecule has 0 atom stereocenters. The molecule has 0 aliphatic rings. The zero-order valence-corrected chi connectivity index (χ0v) is 9.23. The first-order valence-electron chi connectivity index (χ1n) is 3.23. The first kappa shape index (κ1) is 9.15. The van der Waals surface area contributed by atoms with Crippen molar-refractivity contribution in [1.29, 1.82) is 0 Å². The van der Waals surface area contributed by atoms with Crippen LogP contribution in [0.3, 0.4) is 0 Å². The molecule has 0 aromatic heterocycles. The Kier molecular flexibility index (Phi) is 9.32. The van der Waals surface area contributed by atoms with Gasteiger partial charge in [0.2, 0.25) is 0 Å². The van der Waals surface area contributed by atoms with E-state index < -0.39 is 0 Å². The van der Waals surface area contributed by atoms with E-state index in [-0.39, 0.29) is 21.1 Å². The number of hydrogen-bond acceptors (Lipinski definition) is 1. The molecule has 0 saturated heterocycles. The van der Waals surface area contributed by atoms with Gasteiger partial charge < -0.3 is 0 Å². The molecule has 0 heterocycles. The maximum absolute atomic E-state index is 4.17. The van der Waals surface area contributed by atoms with Crippen molar-refractivity contribution in [1.82, 2.24) is 0 Å². The van der Waals surface area contributed by atoms with Crippen LogP contribution >= 0.6 is 12.6 Å². The van der Waals surface area contributed by atoms with E-state index in [0.29, 0.717) is 0 Å². The quantitative estimate of drug-likeness (QED) is 0.423. The number of thiol groups is 1. The molecule has 0 saturated carbocycles. The molecule has 2 heteroatoms. The molecule has 46 valence electrons. The summed E-state index contributed by atoms with van der Waals surface area (Å²) in [5.74, 6) is 1.13. The summed E-state index contributed by atoms with van der Waals surface area (Å²) in [6.45, 7) is 2.26. The average Bonchev–Trinajstić information content (AvgIpc) is 1.81. The van der Waals surface area contributed by atoms with Crippen LogP contribution in [0.4, 0.5) is 0 Å². The summed E-state index contributed by atoms with van der Waals surface area (Å²) in [6, 6.07) is 0. The van der Waals surface area contributed by atoms with Crippen LogP contribution in [0.5, 0.6) is 0 Å². The zero-order valence-electron chi connectivity index (χ0n) is 5.48. The van der Waals surface area contributed by atoms with Gasteiger partial charge in [0.05, 0.1) is 0 Å². The summed E-state index contributed by atoms with van der Waals surface area (Å²) in [5.41, 5.74) is 0. The molecule has 0 spiro atoms. The molecule has 0 aromatic carbocycles. The summed E-state index contributed by atoms with van der Waals surface area (Å²) in [7, 11) is 0. The van der Waals surface area contributed by atoms with Gasteiger partial charge in [0, 0.05) is 0 Å². The van der Waals surface area contributed by atoms with Crippen molar-refractivity contribution >= 4 is 33.8 Å². The molecule has 0 fully saturated rings. The van der Waals surface area contributed by atoms with Gasteiger partial charge in [-0.25, -0.2) is 0 Å². The number of unbranched alkanes of at least 4 members (excludes halogenated alkanes) is 1. The van der Waals surface area contributed by atoms with Crippen LogP contribution in [-0.2, 0) is 0 Å². The first-order chi connectivity index (χ1) is 3.91. The van der Waals surface area contributed by atoms with E-state index in [0.717, 1.165) is 5.75 Å². The van der Waals surface area contributed by atoms with E-state index in [1.807, 2.05) is 0 Å².